The highest BCUT2D eigenvalue weighted by Crippen LogP contribution is 2.50. The van der Waals surface area contributed by atoms with Crippen molar-refractivity contribution in [2.75, 3.05) is 7.11 Å². The standard InChI is InChI=1S/C25H21BrN2O4S/c1-16-6-12-19(13-7-16)33(30,31)28-25(29)23(17-8-10-18(32-2)11-9-17)24-21-4-3-5-22(26)20(21)14-15-27(24)28/h3-15,23-24H,1-2H3/t23-,24-/m1/s1. The number of ether oxygens (including phenoxy) is 1. The summed E-state index contributed by atoms with van der Waals surface area (Å²) >= 11 is 3.58. The monoisotopic (exact) mass is 524 g/mol. The zero-order valence-corrected chi connectivity index (χ0v) is 20.4. The van der Waals surface area contributed by atoms with Crippen LogP contribution in [0.15, 0.2) is 82.3 Å². The van der Waals surface area contributed by atoms with Crippen LogP contribution in [0.4, 0.5) is 0 Å². The number of carbonyl (C=O) groups excluding carboxylic acids is 1. The Morgan fingerprint density at radius 3 is 2.33 bits per heavy atom. The highest BCUT2D eigenvalue weighted by atomic mass is 79.9. The maximum atomic E-state index is 13.8. The van der Waals surface area contributed by atoms with Gasteiger partial charge in [0.1, 0.15) is 5.75 Å². The molecule has 3 aromatic carbocycles. The molecule has 1 fully saturated rings. The number of carbonyl (C=O) groups is 1. The summed E-state index contributed by atoms with van der Waals surface area (Å²) in [5, 5.41) is 1.54. The van der Waals surface area contributed by atoms with E-state index in [4.69, 9.17) is 4.74 Å². The number of hydrogen-bond donors (Lipinski definition) is 0. The number of hydrogen-bond acceptors (Lipinski definition) is 5. The van der Waals surface area contributed by atoms with Gasteiger partial charge in [0.05, 0.1) is 24.0 Å². The number of methoxy groups -OCH3 is 1. The summed E-state index contributed by atoms with van der Waals surface area (Å²) in [6.07, 6.45) is 3.50. The summed E-state index contributed by atoms with van der Waals surface area (Å²) < 4.78 is 34.4. The van der Waals surface area contributed by atoms with E-state index in [-0.39, 0.29) is 4.90 Å². The fourth-order valence-corrected chi connectivity index (χ4v) is 6.38. The topological polar surface area (TPSA) is 66.9 Å². The van der Waals surface area contributed by atoms with Gasteiger partial charge in [0.15, 0.2) is 0 Å². The van der Waals surface area contributed by atoms with Crippen molar-refractivity contribution >= 4 is 37.9 Å². The van der Waals surface area contributed by atoms with Crippen LogP contribution in [0, 0.1) is 6.92 Å². The smallest absolute Gasteiger partial charge is 0.284 e. The Kier molecular flexibility index (Phi) is 5.29. The minimum Gasteiger partial charge on any atom is -0.497 e. The van der Waals surface area contributed by atoms with Crippen LogP contribution in [-0.4, -0.2) is 30.9 Å². The summed E-state index contributed by atoms with van der Waals surface area (Å²) in [6, 6.07) is 19.0. The van der Waals surface area contributed by atoms with Gasteiger partial charge in [0.25, 0.3) is 15.9 Å². The van der Waals surface area contributed by atoms with Gasteiger partial charge in [-0.2, -0.15) is 8.42 Å². The molecule has 1 saturated heterocycles. The fourth-order valence-electron chi connectivity index (χ4n) is 4.44. The first-order chi connectivity index (χ1) is 15.8. The molecule has 6 nitrogen and oxygen atoms in total. The molecule has 2 aliphatic heterocycles. The maximum Gasteiger partial charge on any atom is 0.284 e. The lowest BCUT2D eigenvalue weighted by Gasteiger charge is -2.34. The number of hydrazine groups is 1. The highest BCUT2D eigenvalue weighted by molar-refractivity contribution is 9.10. The van der Waals surface area contributed by atoms with Crippen molar-refractivity contribution in [1.82, 2.24) is 9.42 Å². The van der Waals surface area contributed by atoms with Crippen molar-refractivity contribution < 1.29 is 17.9 Å². The minimum atomic E-state index is -4.12. The number of benzene rings is 3. The van der Waals surface area contributed by atoms with E-state index < -0.39 is 27.9 Å². The molecule has 2 atom stereocenters. The molecule has 0 unspecified atom stereocenters. The first kappa shape index (κ1) is 21.7. The molecule has 168 valence electrons. The van der Waals surface area contributed by atoms with Crippen LogP contribution in [-0.2, 0) is 14.8 Å². The number of sulfonamides is 1. The second kappa shape index (κ2) is 8.04. The molecule has 1 amide bonds. The lowest BCUT2D eigenvalue weighted by atomic mass is 9.84. The summed E-state index contributed by atoms with van der Waals surface area (Å²) in [4.78, 5) is 13.9. The van der Waals surface area contributed by atoms with Crippen LogP contribution in [0.25, 0.3) is 6.08 Å². The molecular formula is C25H21BrN2O4S. The van der Waals surface area contributed by atoms with E-state index in [1.54, 1.807) is 42.6 Å². The quantitative estimate of drug-likeness (QED) is 0.479. The molecule has 2 aliphatic rings. The van der Waals surface area contributed by atoms with Gasteiger partial charge in [0.2, 0.25) is 0 Å². The average molecular weight is 525 g/mol. The van der Waals surface area contributed by atoms with Crippen molar-refractivity contribution in [2.24, 2.45) is 0 Å². The number of fused-ring (bicyclic) bond motifs is 3. The predicted molar refractivity (Wildman–Crippen MR) is 129 cm³/mol. The van der Waals surface area contributed by atoms with E-state index in [1.807, 2.05) is 43.3 Å². The van der Waals surface area contributed by atoms with Crippen LogP contribution >= 0.6 is 15.9 Å². The summed E-state index contributed by atoms with van der Waals surface area (Å²) in [6.45, 7) is 1.88. The number of halogens is 1. The van der Waals surface area contributed by atoms with E-state index in [1.165, 1.54) is 12.1 Å². The van der Waals surface area contributed by atoms with Crippen molar-refractivity contribution in [3.63, 3.8) is 0 Å². The van der Waals surface area contributed by atoms with Gasteiger partial charge in [0, 0.05) is 10.7 Å². The molecule has 0 bridgehead atoms. The van der Waals surface area contributed by atoms with E-state index in [9.17, 15) is 13.2 Å². The first-order valence-corrected chi connectivity index (χ1v) is 12.6. The third-order valence-electron chi connectivity index (χ3n) is 6.09. The van der Waals surface area contributed by atoms with E-state index >= 15 is 0 Å². The van der Waals surface area contributed by atoms with E-state index in [2.05, 4.69) is 15.9 Å². The van der Waals surface area contributed by atoms with Crippen LogP contribution < -0.4 is 4.74 Å². The number of nitrogens with zero attached hydrogens (tertiary/aromatic N) is 2. The van der Waals surface area contributed by atoms with Crippen LogP contribution in [0.5, 0.6) is 5.75 Å². The first-order valence-electron chi connectivity index (χ1n) is 10.4. The Labute approximate surface area is 201 Å². The van der Waals surface area contributed by atoms with E-state index in [0.717, 1.165) is 31.1 Å². The minimum absolute atomic E-state index is 0.0732. The zero-order chi connectivity index (χ0) is 23.3. The Bertz CT molecular complexity index is 1370. The van der Waals surface area contributed by atoms with Crippen molar-refractivity contribution in [2.45, 2.75) is 23.8 Å². The average Bonchev–Trinajstić information content (AvgIpc) is 3.12. The molecule has 3 aromatic rings. The summed E-state index contributed by atoms with van der Waals surface area (Å²) in [7, 11) is -2.54. The van der Waals surface area contributed by atoms with Gasteiger partial charge in [-0.25, -0.2) is 0 Å². The Morgan fingerprint density at radius 2 is 1.67 bits per heavy atom. The summed E-state index contributed by atoms with van der Waals surface area (Å²) in [5.74, 6) is -0.547. The normalized spacial score (nSPS) is 19.4. The van der Waals surface area contributed by atoms with Gasteiger partial charge in [-0.05, 0) is 60.0 Å². The number of amides is 1. The predicted octanol–water partition coefficient (Wildman–Crippen LogP) is 5.02. The zero-order valence-electron chi connectivity index (χ0n) is 18.0. The summed E-state index contributed by atoms with van der Waals surface area (Å²) in [5.41, 5.74) is 3.47. The van der Waals surface area contributed by atoms with Crippen molar-refractivity contribution in [1.29, 1.82) is 0 Å². The number of aryl methyl sites for hydroxylation is 1. The molecule has 5 rings (SSSR count). The van der Waals surface area contributed by atoms with Crippen LogP contribution in [0.3, 0.4) is 0 Å². The van der Waals surface area contributed by atoms with Crippen molar-refractivity contribution in [3.8, 4) is 5.75 Å². The molecule has 8 heteroatoms. The van der Waals surface area contributed by atoms with Gasteiger partial charge >= 0.3 is 0 Å². The SMILES string of the molecule is COc1ccc([C@H]2C(=O)N(S(=O)(=O)c3ccc(C)cc3)N3C=Cc4c(Br)cccc4[C@H]23)cc1. The molecule has 0 aromatic heterocycles. The van der Waals surface area contributed by atoms with Gasteiger partial charge < -0.3 is 4.74 Å². The largest absolute Gasteiger partial charge is 0.497 e. The van der Waals surface area contributed by atoms with Crippen LogP contribution in [0.1, 0.15) is 34.2 Å². The van der Waals surface area contributed by atoms with Gasteiger partial charge in [-0.15, -0.1) is 4.41 Å². The third-order valence-corrected chi connectivity index (χ3v) is 8.47. The Hall–Kier alpha value is -3.10. The van der Waals surface area contributed by atoms with Gasteiger partial charge in [-0.3, -0.25) is 9.80 Å². The molecule has 0 radical (unpaired) electrons. The second-order valence-corrected chi connectivity index (χ2v) is 10.7. The maximum absolute atomic E-state index is 13.8. The second-order valence-electron chi connectivity index (χ2n) is 8.03. The molecule has 0 aliphatic carbocycles. The molecule has 2 heterocycles. The molecule has 33 heavy (non-hydrogen) atoms. The van der Waals surface area contributed by atoms with E-state index in [0.29, 0.717) is 5.75 Å². The molecule has 0 saturated carbocycles. The highest BCUT2D eigenvalue weighted by Gasteiger charge is 2.53. The van der Waals surface area contributed by atoms with Gasteiger partial charge in [-0.1, -0.05) is 57.9 Å². The molecular weight excluding hydrogens is 504 g/mol. The van der Waals surface area contributed by atoms with Crippen LogP contribution in [0.2, 0.25) is 0 Å². The fraction of sp³-hybridized carbons (Fsp3) is 0.160. The third kappa shape index (κ3) is 3.45. The molecule has 0 N–H and O–H groups in total. The Morgan fingerprint density at radius 1 is 0.970 bits per heavy atom. The molecule has 0 spiro atoms. The lowest BCUT2D eigenvalue weighted by Crippen LogP contribution is -2.42. The number of rotatable bonds is 4. The Balaban J connectivity index is 1.69. The lowest BCUT2D eigenvalue weighted by molar-refractivity contribution is -0.128. The van der Waals surface area contributed by atoms with Crippen molar-refractivity contribution in [3.05, 3.63) is 99.7 Å².